The molecule has 1 atom stereocenters. The number of nitrogens with one attached hydrogen (secondary N) is 1. The average Bonchev–Trinajstić information content (AvgIpc) is 2.87. The molecule has 0 amide bonds. The molecule has 18 heavy (non-hydrogen) atoms. The van der Waals surface area contributed by atoms with Crippen molar-refractivity contribution in [2.75, 3.05) is 13.7 Å². The van der Waals surface area contributed by atoms with E-state index in [-0.39, 0.29) is 6.04 Å². The first-order valence-corrected chi connectivity index (χ1v) is 6.67. The summed E-state index contributed by atoms with van der Waals surface area (Å²) in [4.78, 5) is 0. The van der Waals surface area contributed by atoms with Gasteiger partial charge in [0.05, 0.1) is 29.6 Å². The van der Waals surface area contributed by atoms with E-state index in [4.69, 9.17) is 9.15 Å². The quantitative estimate of drug-likeness (QED) is 0.913. The van der Waals surface area contributed by atoms with E-state index in [0.717, 1.165) is 21.3 Å². The van der Waals surface area contributed by atoms with Crippen LogP contribution < -0.4 is 10.1 Å². The van der Waals surface area contributed by atoms with Crippen molar-refractivity contribution in [3.05, 3.63) is 52.4 Å². The van der Waals surface area contributed by atoms with Crippen molar-refractivity contribution in [2.45, 2.75) is 13.0 Å². The maximum atomic E-state index is 5.51. The Hall–Kier alpha value is -1.26. The van der Waals surface area contributed by atoms with Gasteiger partial charge in [-0.15, -0.1) is 0 Å². The van der Waals surface area contributed by atoms with Gasteiger partial charge in [0, 0.05) is 5.56 Å². The van der Waals surface area contributed by atoms with Crippen molar-refractivity contribution in [3.63, 3.8) is 0 Å². The highest BCUT2D eigenvalue weighted by atomic mass is 79.9. The van der Waals surface area contributed by atoms with Crippen molar-refractivity contribution >= 4 is 15.9 Å². The van der Waals surface area contributed by atoms with Gasteiger partial charge in [-0.25, -0.2) is 0 Å². The fourth-order valence-electron chi connectivity index (χ4n) is 1.93. The first-order chi connectivity index (χ1) is 8.76. The second-order valence-corrected chi connectivity index (χ2v) is 4.76. The number of halogens is 1. The van der Waals surface area contributed by atoms with Crippen LogP contribution in [0.15, 0.2) is 45.7 Å². The Labute approximate surface area is 115 Å². The average molecular weight is 310 g/mol. The molecule has 96 valence electrons. The number of hydrogen-bond acceptors (Lipinski definition) is 3. The molecule has 0 aliphatic carbocycles. The summed E-state index contributed by atoms with van der Waals surface area (Å²) in [6.45, 7) is 2.64. The molecule has 1 N–H and O–H groups in total. The van der Waals surface area contributed by atoms with Gasteiger partial charge in [0.15, 0.2) is 0 Å². The highest BCUT2D eigenvalue weighted by molar-refractivity contribution is 9.10. The Morgan fingerprint density at radius 2 is 2.17 bits per heavy atom. The Kier molecular flexibility index (Phi) is 4.44. The van der Waals surface area contributed by atoms with Gasteiger partial charge in [-0.2, -0.15) is 0 Å². The summed E-state index contributed by atoms with van der Waals surface area (Å²) in [6.07, 6.45) is 3.44. The van der Waals surface area contributed by atoms with Crippen LogP contribution in [-0.2, 0) is 0 Å². The monoisotopic (exact) mass is 309 g/mol. The summed E-state index contributed by atoms with van der Waals surface area (Å²) in [6, 6.07) is 8.19. The van der Waals surface area contributed by atoms with Gasteiger partial charge in [-0.3, -0.25) is 0 Å². The van der Waals surface area contributed by atoms with Crippen LogP contribution in [0.3, 0.4) is 0 Å². The highest BCUT2D eigenvalue weighted by Crippen LogP contribution is 2.30. The van der Waals surface area contributed by atoms with E-state index in [1.165, 1.54) is 0 Å². The van der Waals surface area contributed by atoms with Crippen molar-refractivity contribution < 1.29 is 9.15 Å². The molecule has 0 aliphatic rings. The normalized spacial score (nSPS) is 12.4. The van der Waals surface area contributed by atoms with Gasteiger partial charge in [0.1, 0.15) is 5.75 Å². The molecule has 0 saturated carbocycles. The fraction of sp³-hybridized carbons (Fsp3) is 0.286. The smallest absolute Gasteiger partial charge is 0.133 e. The minimum absolute atomic E-state index is 0.121. The lowest BCUT2D eigenvalue weighted by atomic mass is 10.0. The van der Waals surface area contributed by atoms with E-state index in [1.54, 1.807) is 12.5 Å². The van der Waals surface area contributed by atoms with Crippen LogP contribution in [0.4, 0.5) is 0 Å². The summed E-state index contributed by atoms with van der Waals surface area (Å²) in [5.41, 5.74) is 2.27. The van der Waals surface area contributed by atoms with Crippen molar-refractivity contribution in [1.82, 2.24) is 5.32 Å². The maximum Gasteiger partial charge on any atom is 0.133 e. The minimum Gasteiger partial charge on any atom is -0.493 e. The molecular formula is C14H16BrNO2. The Morgan fingerprint density at radius 1 is 1.33 bits per heavy atom. The molecule has 3 nitrogen and oxygen atoms in total. The number of hydrogen-bond donors (Lipinski definition) is 1. The molecule has 0 fully saturated rings. The second-order valence-electron chi connectivity index (χ2n) is 3.90. The number of rotatable bonds is 5. The maximum absolute atomic E-state index is 5.51. The van der Waals surface area contributed by atoms with Crippen LogP contribution in [0.5, 0.6) is 5.75 Å². The van der Waals surface area contributed by atoms with E-state index in [2.05, 4.69) is 33.4 Å². The predicted octanol–water partition coefficient (Wildman–Crippen LogP) is 3.75. The molecule has 0 spiro atoms. The van der Waals surface area contributed by atoms with Crippen molar-refractivity contribution in [3.8, 4) is 5.75 Å². The van der Waals surface area contributed by atoms with Gasteiger partial charge in [-0.1, -0.05) is 6.07 Å². The third-order valence-electron chi connectivity index (χ3n) is 2.75. The van der Waals surface area contributed by atoms with Gasteiger partial charge < -0.3 is 14.5 Å². The van der Waals surface area contributed by atoms with Gasteiger partial charge >= 0.3 is 0 Å². The van der Waals surface area contributed by atoms with Crippen LogP contribution in [0, 0.1) is 0 Å². The lowest BCUT2D eigenvalue weighted by Gasteiger charge is -2.16. The SMILES string of the molecule is CCOc1ccc(C(NC)c2ccoc2)cc1Br. The van der Waals surface area contributed by atoms with E-state index in [9.17, 15) is 0 Å². The van der Waals surface area contributed by atoms with E-state index < -0.39 is 0 Å². The molecule has 0 bridgehead atoms. The first-order valence-electron chi connectivity index (χ1n) is 5.88. The topological polar surface area (TPSA) is 34.4 Å². The number of furan rings is 1. The van der Waals surface area contributed by atoms with Gasteiger partial charge in [0.25, 0.3) is 0 Å². The Morgan fingerprint density at radius 3 is 2.72 bits per heavy atom. The zero-order valence-corrected chi connectivity index (χ0v) is 12.0. The van der Waals surface area contributed by atoms with Crippen LogP contribution in [-0.4, -0.2) is 13.7 Å². The van der Waals surface area contributed by atoms with Crippen molar-refractivity contribution in [2.24, 2.45) is 0 Å². The zero-order valence-electron chi connectivity index (χ0n) is 10.4. The second kappa shape index (κ2) is 6.07. The third kappa shape index (κ3) is 2.76. The molecular weight excluding hydrogens is 294 g/mol. The standard InChI is InChI=1S/C14H16BrNO2/c1-3-18-13-5-4-10(8-12(13)15)14(16-2)11-6-7-17-9-11/h4-9,14,16H,3H2,1-2H3. The third-order valence-corrected chi connectivity index (χ3v) is 3.37. The van der Waals surface area contributed by atoms with Gasteiger partial charge in [-0.05, 0) is 53.7 Å². The fourth-order valence-corrected chi connectivity index (χ4v) is 2.45. The molecule has 0 radical (unpaired) electrons. The number of benzene rings is 1. The minimum atomic E-state index is 0.121. The molecule has 2 aromatic rings. The zero-order chi connectivity index (χ0) is 13.0. The highest BCUT2D eigenvalue weighted by Gasteiger charge is 2.14. The summed E-state index contributed by atoms with van der Waals surface area (Å²) in [7, 11) is 1.93. The molecule has 4 heteroatoms. The molecule has 0 saturated heterocycles. The Bertz CT molecular complexity index is 497. The predicted molar refractivity (Wildman–Crippen MR) is 74.9 cm³/mol. The number of ether oxygens (including phenoxy) is 1. The van der Waals surface area contributed by atoms with Crippen molar-refractivity contribution in [1.29, 1.82) is 0 Å². The lowest BCUT2D eigenvalue weighted by Crippen LogP contribution is -2.17. The van der Waals surface area contributed by atoms with Crippen LogP contribution in [0.2, 0.25) is 0 Å². The van der Waals surface area contributed by atoms with Crippen LogP contribution in [0.1, 0.15) is 24.1 Å². The van der Waals surface area contributed by atoms with E-state index >= 15 is 0 Å². The molecule has 0 aliphatic heterocycles. The lowest BCUT2D eigenvalue weighted by molar-refractivity contribution is 0.338. The van der Waals surface area contributed by atoms with Crippen LogP contribution >= 0.6 is 15.9 Å². The molecule has 1 unspecified atom stereocenters. The largest absolute Gasteiger partial charge is 0.493 e. The molecule has 1 aromatic heterocycles. The Balaban J connectivity index is 2.30. The summed E-state index contributed by atoms with van der Waals surface area (Å²) >= 11 is 3.53. The summed E-state index contributed by atoms with van der Waals surface area (Å²) in [5, 5.41) is 3.28. The van der Waals surface area contributed by atoms with E-state index in [1.807, 2.05) is 26.1 Å². The molecule has 2 rings (SSSR count). The van der Waals surface area contributed by atoms with Crippen LogP contribution in [0.25, 0.3) is 0 Å². The summed E-state index contributed by atoms with van der Waals surface area (Å²) < 4.78 is 11.6. The van der Waals surface area contributed by atoms with E-state index in [0.29, 0.717) is 6.61 Å². The molecule has 1 aromatic carbocycles. The van der Waals surface area contributed by atoms with Gasteiger partial charge in [0.2, 0.25) is 0 Å². The summed E-state index contributed by atoms with van der Waals surface area (Å²) in [5.74, 6) is 0.864. The first kappa shape index (κ1) is 13.2. The molecule has 1 heterocycles.